The van der Waals surface area contributed by atoms with Crippen molar-refractivity contribution in [2.24, 2.45) is 0 Å². The number of methoxy groups -OCH3 is 1. The van der Waals surface area contributed by atoms with Crippen molar-refractivity contribution in [3.8, 4) is 23.0 Å². The molecule has 0 radical (unpaired) electrons. The Morgan fingerprint density at radius 3 is 1.85 bits per heavy atom. The molecule has 5 N–H and O–H groups in total. The molecule has 0 bridgehead atoms. The van der Waals surface area contributed by atoms with E-state index >= 15 is 0 Å². The van der Waals surface area contributed by atoms with Crippen LogP contribution in [0.2, 0.25) is 0 Å². The second-order valence-electron chi connectivity index (χ2n) is 12.1. The second-order valence-corrected chi connectivity index (χ2v) is 12.1. The molecule has 46 heavy (non-hydrogen) atoms. The highest BCUT2D eigenvalue weighted by molar-refractivity contribution is 5.98. The first-order valence-electron chi connectivity index (χ1n) is 16.2. The number of fused-ring (bicyclic) bond motifs is 2. The number of allylic oxidation sites excluding steroid dienone is 4. The Labute approximate surface area is 272 Å². The number of nitrogens with one attached hydrogen (secondary N) is 2. The van der Waals surface area contributed by atoms with Crippen LogP contribution < -0.4 is 30.3 Å². The van der Waals surface area contributed by atoms with Crippen molar-refractivity contribution in [3.63, 3.8) is 0 Å². The summed E-state index contributed by atoms with van der Waals surface area (Å²) in [6, 6.07) is 3.19. The van der Waals surface area contributed by atoms with Crippen LogP contribution in [0.25, 0.3) is 21.9 Å². The molecule has 2 unspecified atom stereocenters. The molecular formula is C36H52N2O8. The highest BCUT2D eigenvalue weighted by atomic mass is 16.5. The Morgan fingerprint density at radius 2 is 1.33 bits per heavy atom. The normalized spacial score (nSPS) is 12.6. The van der Waals surface area contributed by atoms with Crippen LogP contribution in [-0.2, 0) is 12.8 Å². The lowest BCUT2D eigenvalue weighted by Gasteiger charge is -2.19. The fraction of sp³-hybridized carbons (Fsp3) is 0.528. The number of aliphatic hydroxyl groups excluding tert-OH is 2. The Bertz CT molecular complexity index is 1570. The first-order chi connectivity index (χ1) is 22.0. The predicted octanol–water partition coefficient (Wildman–Crippen LogP) is 5.16. The summed E-state index contributed by atoms with van der Waals surface area (Å²) in [6.07, 6.45) is 4.94. The number of aliphatic hydroxyl groups is 2. The van der Waals surface area contributed by atoms with Crippen LogP contribution in [0.5, 0.6) is 23.0 Å². The molecule has 0 aliphatic carbocycles. The summed E-state index contributed by atoms with van der Waals surface area (Å²) >= 11 is 0. The van der Waals surface area contributed by atoms with Gasteiger partial charge in [-0.1, -0.05) is 37.1 Å². The van der Waals surface area contributed by atoms with Gasteiger partial charge in [0, 0.05) is 36.3 Å². The summed E-state index contributed by atoms with van der Waals surface area (Å²) in [5.74, 6) is 0.777. The molecule has 254 valence electrons. The monoisotopic (exact) mass is 640 g/mol. The maximum atomic E-state index is 14.3. The Balaban J connectivity index is 2.21. The van der Waals surface area contributed by atoms with E-state index in [4.69, 9.17) is 18.6 Å². The van der Waals surface area contributed by atoms with E-state index in [0.717, 1.165) is 37.1 Å². The van der Waals surface area contributed by atoms with Gasteiger partial charge in [-0.2, -0.15) is 0 Å². The maximum absolute atomic E-state index is 14.3. The third-order valence-electron chi connectivity index (χ3n) is 7.42. The van der Waals surface area contributed by atoms with Gasteiger partial charge in [-0.05, 0) is 66.5 Å². The lowest BCUT2D eigenvalue weighted by Crippen LogP contribution is -2.32. The molecule has 0 amide bonds. The van der Waals surface area contributed by atoms with Crippen LogP contribution in [0.15, 0.2) is 44.6 Å². The summed E-state index contributed by atoms with van der Waals surface area (Å²) < 4.78 is 24.2. The molecule has 3 rings (SSSR count). The highest BCUT2D eigenvalue weighted by Crippen LogP contribution is 2.41. The Hall–Kier alpha value is -3.57. The quantitative estimate of drug-likeness (QED) is 0.0678. The van der Waals surface area contributed by atoms with Crippen LogP contribution in [-0.4, -0.2) is 74.0 Å². The number of benzene rings is 2. The average Bonchev–Trinajstić information content (AvgIpc) is 3.00. The average molecular weight is 641 g/mol. The fourth-order valence-electron chi connectivity index (χ4n) is 5.05. The lowest BCUT2D eigenvalue weighted by molar-refractivity contribution is 0.105. The number of phenolic OH excluding ortho intramolecular Hbond substituents is 1. The van der Waals surface area contributed by atoms with Gasteiger partial charge in [0.2, 0.25) is 5.43 Å². The molecule has 3 aromatic rings. The topological polar surface area (TPSA) is 143 Å². The van der Waals surface area contributed by atoms with Crippen molar-refractivity contribution < 1.29 is 33.9 Å². The van der Waals surface area contributed by atoms with E-state index in [2.05, 4.69) is 17.6 Å². The zero-order valence-electron chi connectivity index (χ0n) is 28.4. The van der Waals surface area contributed by atoms with Gasteiger partial charge >= 0.3 is 0 Å². The largest absolute Gasteiger partial charge is 0.507 e. The number of ether oxygens (including phenoxy) is 3. The van der Waals surface area contributed by atoms with Gasteiger partial charge in [0.1, 0.15) is 53.5 Å². The van der Waals surface area contributed by atoms with Crippen LogP contribution in [0.1, 0.15) is 65.5 Å². The van der Waals surface area contributed by atoms with Crippen molar-refractivity contribution >= 4 is 21.9 Å². The van der Waals surface area contributed by atoms with Crippen molar-refractivity contribution in [1.29, 1.82) is 0 Å². The second kappa shape index (κ2) is 17.9. The zero-order valence-corrected chi connectivity index (χ0v) is 28.4. The minimum Gasteiger partial charge on any atom is -0.507 e. The SMILES string of the molecule is CCCNCC(O)COc1cc2oc3cc(OCC(O)CNCCC)c(OC)c(CC=C(C)C)c3c(=O)c2c(O)c1CC=C(C)C. The molecule has 1 heterocycles. The van der Waals surface area contributed by atoms with Crippen molar-refractivity contribution in [1.82, 2.24) is 10.6 Å². The molecular weight excluding hydrogens is 588 g/mol. The smallest absolute Gasteiger partial charge is 0.204 e. The van der Waals surface area contributed by atoms with Gasteiger partial charge in [0.15, 0.2) is 11.5 Å². The van der Waals surface area contributed by atoms with Crippen molar-refractivity contribution in [2.75, 3.05) is 46.5 Å². The molecule has 0 saturated carbocycles. The third kappa shape index (κ3) is 9.72. The molecule has 0 spiro atoms. The molecule has 10 heteroatoms. The molecule has 0 aliphatic rings. The van der Waals surface area contributed by atoms with Crippen LogP contribution in [0.3, 0.4) is 0 Å². The summed E-state index contributed by atoms with van der Waals surface area (Å²) in [5.41, 5.74) is 3.04. The Morgan fingerprint density at radius 1 is 0.826 bits per heavy atom. The Kier molecular flexibility index (Phi) is 14.4. The van der Waals surface area contributed by atoms with Gasteiger partial charge in [-0.25, -0.2) is 0 Å². The molecule has 0 fully saturated rings. The van der Waals surface area contributed by atoms with E-state index in [1.54, 1.807) is 12.1 Å². The number of phenols is 1. The molecule has 1 aromatic heterocycles. The van der Waals surface area contributed by atoms with Crippen LogP contribution in [0.4, 0.5) is 0 Å². The van der Waals surface area contributed by atoms with E-state index in [1.807, 2.05) is 46.8 Å². The summed E-state index contributed by atoms with van der Waals surface area (Å²) in [6.45, 7) is 14.2. The number of rotatable bonds is 19. The number of hydrogen-bond donors (Lipinski definition) is 5. The molecule has 2 aromatic carbocycles. The predicted molar refractivity (Wildman–Crippen MR) is 184 cm³/mol. The van der Waals surface area contributed by atoms with Gasteiger partial charge < -0.3 is 44.6 Å². The minimum absolute atomic E-state index is 0.000415. The summed E-state index contributed by atoms with van der Waals surface area (Å²) in [4.78, 5) is 14.3. The van der Waals surface area contributed by atoms with Gasteiger partial charge in [-0.15, -0.1) is 0 Å². The van der Waals surface area contributed by atoms with E-state index in [1.165, 1.54) is 7.11 Å². The molecule has 0 aliphatic heterocycles. The third-order valence-corrected chi connectivity index (χ3v) is 7.42. The first kappa shape index (κ1) is 36.9. The summed E-state index contributed by atoms with van der Waals surface area (Å²) in [5, 5.41) is 39.2. The van der Waals surface area contributed by atoms with E-state index < -0.39 is 17.6 Å². The molecule has 2 atom stereocenters. The standard InChI is InChI=1S/C36H52N2O8/c1-8-14-37-18-24(39)20-44-28-16-30-33(34(41)26(28)12-10-22(3)4)35(42)32-27(13-11-23(5)6)36(43-7)31(17-29(32)46-30)45-21-25(40)19-38-15-9-2/h10-11,16-17,24-25,37-41H,8-9,12-15,18-21H2,1-7H3. The van der Waals surface area contributed by atoms with E-state index in [9.17, 15) is 20.1 Å². The number of aromatic hydroxyl groups is 1. The summed E-state index contributed by atoms with van der Waals surface area (Å²) in [7, 11) is 1.51. The lowest BCUT2D eigenvalue weighted by atomic mass is 9.98. The first-order valence-corrected chi connectivity index (χ1v) is 16.2. The highest BCUT2D eigenvalue weighted by Gasteiger charge is 2.25. The molecule has 10 nitrogen and oxygen atoms in total. The van der Waals surface area contributed by atoms with Crippen molar-refractivity contribution in [2.45, 2.75) is 79.4 Å². The molecule has 0 saturated heterocycles. The fourth-order valence-corrected chi connectivity index (χ4v) is 5.05. The number of hydrogen-bond acceptors (Lipinski definition) is 10. The van der Waals surface area contributed by atoms with Crippen LogP contribution in [0, 0.1) is 0 Å². The van der Waals surface area contributed by atoms with Gasteiger partial charge in [-0.3, -0.25) is 4.79 Å². The van der Waals surface area contributed by atoms with Crippen LogP contribution >= 0.6 is 0 Å². The minimum atomic E-state index is -0.776. The van der Waals surface area contributed by atoms with E-state index in [0.29, 0.717) is 54.3 Å². The van der Waals surface area contributed by atoms with Gasteiger partial charge in [0.05, 0.1) is 12.5 Å². The zero-order chi connectivity index (χ0) is 33.8. The van der Waals surface area contributed by atoms with E-state index in [-0.39, 0.29) is 40.9 Å². The van der Waals surface area contributed by atoms with Gasteiger partial charge in [0.25, 0.3) is 0 Å². The van der Waals surface area contributed by atoms with Crippen molar-refractivity contribution in [3.05, 3.63) is 56.8 Å². The maximum Gasteiger partial charge on any atom is 0.204 e.